The molecule has 4 rings (SSSR count). The summed E-state index contributed by atoms with van der Waals surface area (Å²) in [7, 11) is 0. The van der Waals surface area contributed by atoms with Gasteiger partial charge in [-0.1, -0.05) is 27.7 Å². The van der Waals surface area contributed by atoms with Gasteiger partial charge in [0.05, 0.1) is 0 Å². The number of pyridine rings is 2. The zero-order valence-corrected chi connectivity index (χ0v) is 21.1. The minimum absolute atomic E-state index is 0.305. The molecule has 2 aromatic heterocycles. The molecule has 0 spiro atoms. The molecule has 33 heavy (non-hydrogen) atoms. The molecule has 7 heteroatoms. The third-order valence-corrected chi connectivity index (χ3v) is 6.31. The van der Waals surface area contributed by atoms with Gasteiger partial charge in [0.25, 0.3) is 5.95 Å². The summed E-state index contributed by atoms with van der Waals surface area (Å²) in [5.74, 6) is -0.170. The van der Waals surface area contributed by atoms with Gasteiger partial charge in [-0.05, 0) is 86.7 Å². The van der Waals surface area contributed by atoms with Crippen molar-refractivity contribution in [3.05, 3.63) is 41.6 Å². The zero-order chi connectivity index (χ0) is 24.6. The Labute approximate surface area is 198 Å². The molecule has 2 aromatic rings. The summed E-state index contributed by atoms with van der Waals surface area (Å²) in [5.41, 5.74) is 2.79. The van der Waals surface area contributed by atoms with Gasteiger partial charge in [-0.25, -0.2) is 9.97 Å². The molecule has 0 atom stereocenters. The topological polar surface area (TPSA) is 81.5 Å². The van der Waals surface area contributed by atoms with Gasteiger partial charge in [-0.15, -0.1) is 0 Å². The third kappa shape index (κ3) is 9.16. The summed E-state index contributed by atoms with van der Waals surface area (Å²) in [5, 5.41) is 21.9. The number of piperidine rings is 2. The van der Waals surface area contributed by atoms with E-state index in [1.807, 2.05) is 13.1 Å². The van der Waals surface area contributed by atoms with Crippen molar-refractivity contribution in [2.24, 2.45) is 10.8 Å². The molecular weight excluding hydrogens is 419 g/mol. The summed E-state index contributed by atoms with van der Waals surface area (Å²) in [6.45, 7) is 17.3. The minimum Gasteiger partial charge on any atom is -0.504 e. The fraction of sp³-hybridized carbons (Fsp3) is 0.615. The Hall–Kier alpha value is -2.41. The maximum atomic E-state index is 12.1. The Morgan fingerprint density at radius 2 is 1.30 bits per heavy atom. The summed E-state index contributed by atoms with van der Waals surface area (Å²) in [6.07, 6.45) is 8.16. The molecule has 0 amide bonds. The van der Waals surface area contributed by atoms with E-state index in [1.165, 1.54) is 38.2 Å². The summed E-state index contributed by atoms with van der Waals surface area (Å²) in [4.78, 5) is 9.77. The number of aromatic nitrogens is 2. The van der Waals surface area contributed by atoms with Gasteiger partial charge in [0.15, 0.2) is 17.3 Å². The lowest BCUT2D eigenvalue weighted by Gasteiger charge is -2.37. The van der Waals surface area contributed by atoms with E-state index >= 15 is 0 Å². The smallest absolute Gasteiger partial charge is 0.254 e. The molecule has 0 radical (unpaired) electrons. The number of aromatic hydroxyl groups is 2. The van der Waals surface area contributed by atoms with Crippen molar-refractivity contribution >= 4 is 5.82 Å². The van der Waals surface area contributed by atoms with Crippen LogP contribution in [0.4, 0.5) is 10.2 Å². The molecule has 0 aliphatic carbocycles. The second kappa shape index (κ2) is 11.6. The van der Waals surface area contributed by atoms with Crippen molar-refractivity contribution < 1.29 is 14.6 Å². The second-order valence-corrected chi connectivity index (χ2v) is 10.7. The number of halogens is 1. The fourth-order valence-corrected chi connectivity index (χ4v) is 3.75. The molecule has 6 nitrogen and oxygen atoms in total. The second-order valence-electron chi connectivity index (χ2n) is 10.7. The van der Waals surface area contributed by atoms with Crippen LogP contribution in [0.25, 0.3) is 0 Å². The Bertz CT molecular complexity index is 884. The lowest BCUT2D eigenvalue weighted by molar-refractivity contribution is 0.259. The molecule has 2 aliphatic rings. The van der Waals surface area contributed by atoms with Crippen LogP contribution in [0.3, 0.4) is 0 Å². The van der Waals surface area contributed by atoms with Crippen molar-refractivity contribution in [2.45, 2.75) is 67.2 Å². The number of hydrogen-bond donors (Lipinski definition) is 3. The van der Waals surface area contributed by atoms with Crippen LogP contribution >= 0.6 is 0 Å². The van der Waals surface area contributed by atoms with E-state index < -0.39 is 11.7 Å². The van der Waals surface area contributed by atoms with Crippen molar-refractivity contribution in [3.8, 4) is 11.5 Å². The molecular formula is C26H41FN4O2. The number of anilines is 1. The third-order valence-electron chi connectivity index (χ3n) is 6.31. The predicted octanol–water partition coefficient (Wildman–Crippen LogP) is 5.35. The highest BCUT2D eigenvalue weighted by Gasteiger charge is 2.27. The molecule has 4 heterocycles. The molecule has 2 aliphatic heterocycles. The van der Waals surface area contributed by atoms with Crippen molar-refractivity contribution in [2.75, 3.05) is 31.1 Å². The Balaban J connectivity index is 0.000000192. The van der Waals surface area contributed by atoms with Gasteiger partial charge < -0.3 is 20.4 Å². The molecule has 2 fully saturated rings. The Morgan fingerprint density at radius 3 is 1.73 bits per heavy atom. The van der Waals surface area contributed by atoms with Crippen LogP contribution in [0.5, 0.6) is 11.5 Å². The summed E-state index contributed by atoms with van der Waals surface area (Å²) < 4.78 is 12.1. The first-order chi connectivity index (χ1) is 15.4. The standard InChI is InChI=1S/C13H20N2O.C7H15N.C6H6FNO/c1-10-8-11(16)12(14-9-10)15-6-4-13(2,3)5-7-15;1-7(2)3-5-8-6-4-7;1-4-2-5(9)6(7)8-3-4/h8-9,16H,4-7H2,1-3H3;8H,3-6H2,1-2H3;2-3,9H,1H3. The van der Waals surface area contributed by atoms with Crippen molar-refractivity contribution in [3.63, 3.8) is 0 Å². The van der Waals surface area contributed by atoms with Crippen LogP contribution in [0, 0.1) is 30.6 Å². The van der Waals surface area contributed by atoms with Crippen LogP contribution in [0.1, 0.15) is 64.5 Å². The van der Waals surface area contributed by atoms with E-state index in [-0.39, 0.29) is 0 Å². The first kappa shape index (κ1) is 26.8. The normalized spacial score (nSPS) is 18.9. The van der Waals surface area contributed by atoms with E-state index in [2.05, 4.69) is 47.9 Å². The van der Waals surface area contributed by atoms with Gasteiger partial charge in [-0.3, -0.25) is 0 Å². The summed E-state index contributed by atoms with van der Waals surface area (Å²) in [6, 6.07) is 3.10. The average molecular weight is 461 g/mol. The van der Waals surface area contributed by atoms with Crippen molar-refractivity contribution in [1.29, 1.82) is 0 Å². The van der Waals surface area contributed by atoms with Crippen LogP contribution in [-0.2, 0) is 0 Å². The van der Waals surface area contributed by atoms with Gasteiger partial charge in [-0.2, -0.15) is 4.39 Å². The maximum absolute atomic E-state index is 12.1. The summed E-state index contributed by atoms with van der Waals surface area (Å²) >= 11 is 0. The Kier molecular flexibility index (Phi) is 9.46. The lowest BCUT2D eigenvalue weighted by atomic mass is 9.83. The van der Waals surface area contributed by atoms with E-state index in [4.69, 9.17) is 5.11 Å². The zero-order valence-electron chi connectivity index (χ0n) is 21.1. The molecule has 0 saturated carbocycles. The van der Waals surface area contributed by atoms with Crippen LogP contribution < -0.4 is 10.2 Å². The molecule has 3 N–H and O–H groups in total. The molecule has 0 aromatic carbocycles. The Morgan fingerprint density at radius 1 is 0.818 bits per heavy atom. The highest BCUT2D eigenvalue weighted by atomic mass is 19.1. The molecule has 2 saturated heterocycles. The molecule has 184 valence electrons. The monoisotopic (exact) mass is 460 g/mol. The van der Waals surface area contributed by atoms with Gasteiger partial charge >= 0.3 is 0 Å². The van der Waals surface area contributed by atoms with Crippen LogP contribution in [0.15, 0.2) is 24.5 Å². The lowest BCUT2D eigenvalue weighted by Crippen LogP contribution is -2.37. The van der Waals surface area contributed by atoms with E-state index in [0.29, 0.717) is 16.6 Å². The first-order valence-corrected chi connectivity index (χ1v) is 11.8. The van der Waals surface area contributed by atoms with Gasteiger partial charge in [0, 0.05) is 25.5 Å². The minimum atomic E-state index is -0.819. The highest BCUT2D eigenvalue weighted by molar-refractivity contribution is 5.52. The predicted molar refractivity (Wildman–Crippen MR) is 132 cm³/mol. The largest absolute Gasteiger partial charge is 0.504 e. The number of aryl methyl sites for hydroxylation is 2. The quantitative estimate of drug-likeness (QED) is 0.498. The van der Waals surface area contributed by atoms with Crippen LogP contribution in [-0.4, -0.2) is 46.4 Å². The first-order valence-electron chi connectivity index (χ1n) is 11.8. The van der Waals surface area contributed by atoms with E-state index in [0.717, 1.165) is 42.9 Å². The van der Waals surface area contributed by atoms with Gasteiger partial charge in [0.2, 0.25) is 0 Å². The number of nitrogens with zero attached hydrogens (tertiary/aromatic N) is 3. The van der Waals surface area contributed by atoms with E-state index in [1.54, 1.807) is 13.0 Å². The van der Waals surface area contributed by atoms with Gasteiger partial charge in [0.1, 0.15) is 0 Å². The molecule has 0 unspecified atom stereocenters. The fourth-order valence-electron chi connectivity index (χ4n) is 3.75. The SMILES string of the molecule is CC1(C)CCNCC1.Cc1cnc(F)c(O)c1.Cc1cnc(N2CCC(C)(C)CC2)c(O)c1. The van der Waals surface area contributed by atoms with Crippen LogP contribution in [0.2, 0.25) is 0 Å². The number of nitrogens with one attached hydrogen (secondary N) is 1. The van der Waals surface area contributed by atoms with E-state index in [9.17, 15) is 9.50 Å². The number of rotatable bonds is 1. The number of hydrogen-bond acceptors (Lipinski definition) is 6. The molecule has 0 bridgehead atoms. The average Bonchev–Trinajstić information content (AvgIpc) is 2.72. The maximum Gasteiger partial charge on any atom is 0.254 e. The van der Waals surface area contributed by atoms with Crippen molar-refractivity contribution in [1.82, 2.24) is 15.3 Å². The highest BCUT2D eigenvalue weighted by Crippen LogP contribution is 2.34.